The van der Waals surface area contributed by atoms with Crippen molar-refractivity contribution in [2.75, 3.05) is 7.11 Å². The quantitative estimate of drug-likeness (QED) is 0.791. The minimum absolute atomic E-state index is 0.170. The van der Waals surface area contributed by atoms with E-state index < -0.39 is 17.4 Å². The fourth-order valence-corrected chi connectivity index (χ4v) is 1.72. The van der Waals surface area contributed by atoms with E-state index in [2.05, 4.69) is 0 Å². The maximum atomic E-state index is 13.7. The van der Waals surface area contributed by atoms with E-state index in [-0.39, 0.29) is 16.7 Å². The Kier molecular flexibility index (Phi) is 3.60. The van der Waals surface area contributed by atoms with E-state index in [1.165, 1.54) is 26.2 Å². The van der Waals surface area contributed by atoms with Gasteiger partial charge in [0.05, 0.1) is 12.7 Å². The Hall–Kier alpha value is -2.23. The molecule has 2 aromatic rings. The van der Waals surface area contributed by atoms with Gasteiger partial charge in [-0.25, -0.2) is 8.78 Å². The predicted octanol–water partition coefficient (Wildman–Crippen LogP) is 3.51. The van der Waals surface area contributed by atoms with E-state index in [0.717, 1.165) is 12.1 Å². The second kappa shape index (κ2) is 5.18. The number of rotatable bonds is 3. The molecule has 0 radical (unpaired) electrons. The second-order valence-electron chi connectivity index (χ2n) is 4.14. The normalized spacial score (nSPS) is 10.3. The lowest BCUT2D eigenvalue weighted by Gasteiger charge is -2.06. The highest BCUT2D eigenvalue weighted by Crippen LogP contribution is 2.19. The zero-order chi connectivity index (χ0) is 14.0. The zero-order valence-electron chi connectivity index (χ0n) is 10.5. The Bertz CT molecular complexity index is 619. The number of hydrogen-bond acceptors (Lipinski definition) is 2. The molecule has 2 rings (SSSR count). The SMILES string of the molecule is COc1ccc(C(=O)c2cc(F)c(C)cc2F)cc1. The van der Waals surface area contributed by atoms with Crippen LogP contribution in [0.1, 0.15) is 21.5 Å². The van der Waals surface area contributed by atoms with Gasteiger partial charge in [-0.1, -0.05) is 0 Å². The highest BCUT2D eigenvalue weighted by Gasteiger charge is 2.16. The molecule has 0 aliphatic heterocycles. The van der Waals surface area contributed by atoms with E-state index in [1.807, 2.05) is 0 Å². The molecule has 0 heterocycles. The standard InChI is InChI=1S/C15H12F2O2/c1-9-7-14(17)12(8-13(9)16)15(18)10-3-5-11(19-2)6-4-10/h3-8H,1-2H3. The van der Waals surface area contributed by atoms with Gasteiger partial charge in [0.15, 0.2) is 5.78 Å². The molecule has 2 nitrogen and oxygen atoms in total. The fraction of sp³-hybridized carbons (Fsp3) is 0.133. The van der Waals surface area contributed by atoms with Crippen molar-refractivity contribution >= 4 is 5.78 Å². The molecule has 0 aromatic heterocycles. The van der Waals surface area contributed by atoms with Crippen molar-refractivity contribution in [2.24, 2.45) is 0 Å². The summed E-state index contributed by atoms with van der Waals surface area (Å²) >= 11 is 0. The summed E-state index contributed by atoms with van der Waals surface area (Å²) in [5.41, 5.74) is 0.181. The summed E-state index contributed by atoms with van der Waals surface area (Å²) in [5, 5.41) is 0. The minimum Gasteiger partial charge on any atom is -0.497 e. The van der Waals surface area contributed by atoms with Crippen molar-refractivity contribution in [2.45, 2.75) is 6.92 Å². The maximum absolute atomic E-state index is 13.7. The van der Waals surface area contributed by atoms with Crippen LogP contribution in [0.2, 0.25) is 0 Å². The molecule has 19 heavy (non-hydrogen) atoms. The van der Waals surface area contributed by atoms with Crippen LogP contribution in [0.4, 0.5) is 8.78 Å². The number of ether oxygens (including phenoxy) is 1. The summed E-state index contributed by atoms with van der Waals surface area (Å²) in [5.74, 6) is -1.29. The smallest absolute Gasteiger partial charge is 0.196 e. The second-order valence-corrected chi connectivity index (χ2v) is 4.14. The van der Waals surface area contributed by atoms with Crippen LogP contribution in [0.25, 0.3) is 0 Å². The predicted molar refractivity (Wildman–Crippen MR) is 67.5 cm³/mol. The summed E-state index contributed by atoms with van der Waals surface area (Å²) in [4.78, 5) is 12.1. The van der Waals surface area contributed by atoms with Crippen molar-refractivity contribution in [3.05, 3.63) is 64.7 Å². The Morgan fingerprint density at radius 1 is 1.05 bits per heavy atom. The molecule has 0 saturated carbocycles. The minimum atomic E-state index is -0.722. The van der Waals surface area contributed by atoms with Crippen molar-refractivity contribution in [1.29, 1.82) is 0 Å². The summed E-state index contributed by atoms with van der Waals surface area (Å²) in [6.07, 6.45) is 0. The first-order valence-electron chi connectivity index (χ1n) is 5.67. The molecule has 4 heteroatoms. The van der Waals surface area contributed by atoms with Gasteiger partial charge in [-0.15, -0.1) is 0 Å². The number of hydrogen-bond donors (Lipinski definition) is 0. The first-order valence-corrected chi connectivity index (χ1v) is 5.67. The van der Waals surface area contributed by atoms with Gasteiger partial charge < -0.3 is 4.74 Å². The third-order valence-electron chi connectivity index (χ3n) is 2.85. The van der Waals surface area contributed by atoms with Gasteiger partial charge in [0.25, 0.3) is 0 Å². The van der Waals surface area contributed by atoms with Gasteiger partial charge >= 0.3 is 0 Å². The molecule has 0 aliphatic rings. The lowest BCUT2D eigenvalue weighted by Crippen LogP contribution is -2.06. The molecule has 0 N–H and O–H groups in total. The van der Waals surface area contributed by atoms with Crippen molar-refractivity contribution in [3.63, 3.8) is 0 Å². The summed E-state index contributed by atoms with van der Waals surface area (Å²) in [6.45, 7) is 1.44. The van der Waals surface area contributed by atoms with Gasteiger partial charge in [-0.05, 0) is 48.9 Å². The largest absolute Gasteiger partial charge is 0.497 e. The summed E-state index contributed by atoms with van der Waals surface area (Å²) in [6, 6.07) is 8.16. The van der Waals surface area contributed by atoms with Crippen LogP contribution in [-0.2, 0) is 0 Å². The summed E-state index contributed by atoms with van der Waals surface area (Å²) < 4.78 is 32.1. The average Bonchev–Trinajstić information content (AvgIpc) is 2.42. The van der Waals surface area contributed by atoms with Crippen LogP contribution in [0.15, 0.2) is 36.4 Å². The Morgan fingerprint density at radius 3 is 2.26 bits per heavy atom. The van der Waals surface area contributed by atoms with Gasteiger partial charge in [-0.3, -0.25) is 4.79 Å². The maximum Gasteiger partial charge on any atom is 0.196 e. The Balaban J connectivity index is 2.40. The van der Waals surface area contributed by atoms with E-state index >= 15 is 0 Å². The molecule has 0 atom stereocenters. The van der Waals surface area contributed by atoms with Crippen LogP contribution in [-0.4, -0.2) is 12.9 Å². The number of aryl methyl sites for hydroxylation is 1. The van der Waals surface area contributed by atoms with Crippen LogP contribution in [0.3, 0.4) is 0 Å². The molecule has 98 valence electrons. The number of ketones is 1. The first-order chi connectivity index (χ1) is 9.02. The van der Waals surface area contributed by atoms with Gasteiger partial charge in [-0.2, -0.15) is 0 Å². The number of halogens is 2. The first kappa shape index (κ1) is 13.2. The molecular weight excluding hydrogens is 250 g/mol. The van der Waals surface area contributed by atoms with E-state index in [1.54, 1.807) is 12.1 Å². The Morgan fingerprint density at radius 2 is 1.68 bits per heavy atom. The highest BCUT2D eigenvalue weighted by atomic mass is 19.1. The molecular formula is C15H12F2O2. The number of carbonyl (C=O) groups is 1. The molecule has 0 saturated heterocycles. The van der Waals surface area contributed by atoms with Gasteiger partial charge in [0, 0.05) is 5.56 Å². The molecule has 0 aliphatic carbocycles. The molecule has 0 unspecified atom stereocenters. The molecule has 0 spiro atoms. The highest BCUT2D eigenvalue weighted by molar-refractivity contribution is 6.09. The monoisotopic (exact) mass is 262 g/mol. The third kappa shape index (κ3) is 2.62. The van der Waals surface area contributed by atoms with Crippen LogP contribution in [0, 0.1) is 18.6 Å². The average molecular weight is 262 g/mol. The van der Waals surface area contributed by atoms with E-state index in [9.17, 15) is 13.6 Å². The van der Waals surface area contributed by atoms with Gasteiger partial charge in [0.1, 0.15) is 17.4 Å². The molecule has 0 bridgehead atoms. The number of carbonyl (C=O) groups excluding carboxylic acids is 1. The van der Waals surface area contributed by atoms with Crippen molar-refractivity contribution in [1.82, 2.24) is 0 Å². The topological polar surface area (TPSA) is 26.3 Å². The van der Waals surface area contributed by atoms with E-state index in [0.29, 0.717) is 5.75 Å². The Labute approximate surface area is 109 Å². The van der Waals surface area contributed by atoms with Crippen LogP contribution < -0.4 is 4.74 Å². The third-order valence-corrected chi connectivity index (χ3v) is 2.85. The van der Waals surface area contributed by atoms with Crippen LogP contribution in [0.5, 0.6) is 5.75 Å². The van der Waals surface area contributed by atoms with Crippen molar-refractivity contribution in [3.8, 4) is 5.75 Å². The molecule has 0 fully saturated rings. The van der Waals surface area contributed by atoms with Crippen molar-refractivity contribution < 1.29 is 18.3 Å². The molecule has 0 amide bonds. The molecule has 2 aromatic carbocycles. The number of benzene rings is 2. The van der Waals surface area contributed by atoms with Gasteiger partial charge in [0.2, 0.25) is 0 Å². The zero-order valence-corrected chi connectivity index (χ0v) is 10.5. The van der Waals surface area contributed by atoms with Crippen LogP contribution >= 0.6 is 0 Å². The van der Waals surface area contributed by atoms with E-state index in [4.69, 9.17) is 4.74 Å². The lowest BCUT2D eigenvalue weighted by molar-refractivity contribution is 0.103. The summed E-state index contributed by atoms with van der Waals surface area (Å²) in [7, 11) is 1.51. The lowest BCUT2D eigenvalue weighted by atomic mass is 10.0. The number of methoxy groups -OCH3 is 1. The fourth-order valence-electron chi connectivity index (χ4n) is 1.72.